The minimum absolute atomic E-state index is 0.0530. The first kappa shape index (κ1) is 24.9. The van der Waals surface area contributed by atoms with E-state index in [1.54, 1.807) is 17.6 Å². The number of piperidine rings is 1. The van der Waals surface area contributed by atoms with Gasteiger partial charge in [0.15, 0.2) is 9.84 Å². The predicted octanol–water partition coefficient (Wildman–Crippen LogP) is 2.67. The average Bonchev–Trinajstić information content (AvgIpc) is 3.28. The number of carbonyl (C=O) groups is 1. The molecule has 0 spiro atoms. The molecule has 4 heterocycles. The number of amides is 1. The van der Waals surface area contributed by atoms with E-state index in [0.717, 1.165) is 43.5 Å². The molecule has 0 N–H and O–H groups in total. The Morgan fingerprint density at radius 3 is 2.47 bits per heavy atom. The lowest BCUT2D eigenvalue weighted by molar-refractivity contribution is -0.123. The van der Waals surface area contributed by atoms with Crippen molar-refractivity contribution < 1.29 is 13.2 Å². The van der Waals surface area contributed by atoms with Gasteiger partial charge in [-0.25, -0.2) is 8.42 Å². The Labute approximate surface area is 209 Å². The molecule has 8 nitrogen and oxygen atoms in total. The maximum absolute atomic E-state index is 13.3. The summed E-state index contributed by atoms with van der Waals surface area (Å²) in [7, 11) is -3.17. The molecule has 1 amide bonds. The maximum atomic E-state index is 13.3. The SMILES string of the molecule is CCn1c(N2CCC(C)CC2)c(/C=C2/SC(=S)N(C3CCS(=O)(=O)C3)C2=O)c(C)c(C#N)c1=O. The van der Waals surface area contributed by atoms with Gasteiger partial charge in [0.2, 0.25) is 0 Å². The second kappa shape index (κ2) is 9.47. The molecule has 11 heteroatoms. The van der Waals surface area contributed by atoms with Gasteiger partial charge in [0.1, 0.15) is 21.8 Å². The number of nitrogens with zero attached hydrogens (tertiary/aromatic N) is 4. The lowest BCUT2D eigenvalue weighted by atomic mass is 9.97. The van der Waals surface area contributed by atoms with Crippen LogP contribution in [0.15, 0.2) is 9.70 Å². The molecule has 0 radical (unpaired) electrons. The van der Waals surface area contributed by atoms with Crippen LogP contribution >= 0.6 is 24.0 Å². The van der Waals surface area contributed by atoms with Gasteiger partial charge in [-0.3, -0.25) is 19.1 Å². The summed E-state index contributed by atoms with van der Waals surface area (Å²) in [5.74, 6) is 0.978. The van der Waals surface area contributed by atoms with E-state index >= 15 is 0 Å². The molecule has 4 rings (SSSR count). The Balaban J connectivity index is 1.82. The minimum Gasteiger partial charge on any atom is -0.357 e. The third kappa shape index (κ3) is 4.43. The number of hydrogen-bond acceptors (Lipinski definition) is 8. The molecule has 1 aromatic heterocycles. The zero-order valence-electron chi connectivity index (χ0n) is 19.5. The van der Waals surface area contributed by atoms with Gasteiger partial charge in [0.05, 0.1) is 22.5 Å². The Morgan fingerprint density at radius 2 is 1.91 bits per heavy atom. The number of thiocarbonyl (C=S) groups is 1. The van der Waals surface area contributed by atoms with Crippen molar-refractivity contribution in [2.45, 2.75) is 52.6 Å². The molecule has 0 bridgehead atoms. The summed E-state index contributed by atoms with van der Waals surface area (Å²) in [5, 5.41) is 9.71. The molecule has 0 aliphatic carbocycles. The normalized spacial score (nSPS) is 24.3. The summed E-state index contributed by atoms with van der Waals surface area (Å²) in [6.45, 7) is 7.80. The van der Waals surface area contributed by atoms with Crippen LogP contribution in [0.1, 0.15) is 49.8 Å². The number of sulfone groups is 1. The number of carbonyl (C=O) groups excluding carboxylic acids is 1. The van der Waals surface area contributed by atoms with Crippen molar-refractivity contribution >= 4 is 55.9 Å². The van der Waals surface area contributed by atoms with Crippen LogP contribution in [0.2, 0.25) is 0 Å². The molecule has 3 aliphatic heterocycles. The van der Waals surface area contributed by atoms with Crippen LogP contribution in [0.25, 0.3) is 6.08 Å². The van der Waals surface area contributed by atoms with Gasteiger partial charge < -0.3 is 4.90 Å². The summed E-state index contributed by atoms with van der Waals surface area (Å²) in [4.78, 5) is 30.4. The first-order chi connectivity index (χ1) is 16.1. The van der Waals surface area contributed by atoms with Crippen molar-refractivity contribution in [1.82, 2.24) is 9.47 Å². The van der Waals surface area contributed by atoms with Crippen molar-refractivity contribution in [3.63, 3.8) is 0 Å². The highest BCUT2D eigenvalue weighted by Gasteiger charge is 2.42. The van der Waals surface area contributed by atoms with E-state index in [0.29, 0.717) is 39.2 Å². The first-order valence-corrected chi connectivity index (χ1v) is 14.5. The first-order valence-electron chi connectivity index (χ1n) is 11.5. The number of anilines is 1. The van der Waals surface area contributed by atoms with Crippen molar-refractivity contribution in [1.29, 1.82) is 5.26 Å². The van der Waals surface area contributed by atoms with E-state index in [1.165, 1.54) is 4.90 Å². The molecular weight excluding hydrogens is 492 g/mol. The summed E-state index contributed by atoms with van der Waals surface area (Å²) in [5.41, 5.74) is 0.961. The molecule has 1 aromatic rings. The summed E-state index contributed by atoms with van der Waals surface area (Å²) < 4.78 is 25.9. The number of pyridine rings is 1. The molecule has 182 valence electrons. The topological polar surface area (TPSA) is 103 Å². The van der Waals surface area contributed by atoms with Gasteiger partial charge >= 0.3 is 0 Å². The average molecular weight is 521 g/mol. The van der Waals surface area contributed by atoms with Gasteiger partial charge in [0, 0.05) is 25.2 Å². The molecule has 0 saturated carbocycles. The van der Waals surface area contributed by atoms with E-state index in [9.17, 15) is 23.3 Å². The fourth-order valence-corrected chi connectivity index (χ4v) is 7.99. The fraction of sp³-hybridized carbons (Fsp3) is 0.565. The second-order valence-corrected chi connectivity index (χ2v) is 13.1. The third-order valence-electron chi connectivity index (χ3n) is 6.92. The highest BCUT2D eigenvalue weighted by atomic mass is 32.2. The van der Waals surface area contributed by atoms with Crippen molar-refractivity contribution in [3.05, 3.63) is 31.9 Å². The van der Waals surface area contributed by atoms with Crippen LogP contribution in [0.3, 0.4) is 0 Å². The van der Waals surface area contributed by atoms with Gasteiger partial charge in [-0.15, -0.1) is 0 Å². The van der Waals surface area contributed by atoms with E-state index in [1.807, 2.05) is 13.0 Å². The predicted molar refractivity (Wildman–Crippen MR) is 139 cm³/mol. The van der Waals surface area contributed by atoms with Crippen LogP contribution in [0.4, 0.5) is 5.82 Å². The van der Waals surface area contributed by atoms with Crippen LogP contribution in [-0.2, 0) is 21.2 Å². The minimum atomic E-state index is -3.17. The Morgan fingerprint density at radius 1 is 1.24 bits per heavy atom. The van der Waals surface area contributed by atoms with Gasteiger partial charge in [-0.05, 0) is 50.7 Å². The standard InChI is InChI=1S/C23H28N4O4S3/c1-4-26-20(25-8-5-14(2)6-9-25)17(15(3)18(12-24)21(26)28)11-19-22(29)27(23(32)33-19)16-7-10-34(30,31)13-16/h11,14,16H,4-10,13H2,1-3H3/b19-11+. The number of thioether (sulfide) groups is 1. The van der Waals surface area contributed by atoms with Crippen LogP contribution in [-0.4, -0.2) is 58.7 Å². The van der Waals surface area contributed by atoms with Crippen LogP contribution < -0.4 is 10.5 Å². The summed E-state index contributed by atoms with van der Waals surface area (Å²) in [6, 6.07) is 1.60. The quantitative estimate of drug-likeness (QED) is 0.441. The number of nitriles is 1. The van der Waals surface area contributed by atoms with Gasteiger partial charge in [-0.1, -0.05) is 30.9 Å². The lowest BCUT2D eigenvalue weighted by Gasteiger charge is -2.35. The zero-order chi connectivity index (χ0) is 24.8. The lowest BCUT2D eigenvalue weighted by Crippen LogP contribution is -2.39. The second-order valence-electron chi connectivity index (χ2n) is 9.18. The molecule has 0 aromatic carbocycles. The largest absolute Gasteiger partial charge is 0.357 e. The summed E-state index contributed by atoms with van der Waals surface area (Å²) in [6.07, 6.45) is 4.10. The van der Waals surface area contributed by atoms with E-state index in [4.69, 9.17) is 12.2 Å². The molecule has 1 atom stereocenters. The Kier molecular flexibility index (Phi) is 6.95. The van der Waals surface area contributed by atoms with Crippen molar-refractivity contribution in [3.8, 4) is 6.07 Å². The van der Waals surface area contributed by atoms with Crippen LogP contribution in [0, 0.1) is 24.2 Å². The number of hydrogen-bond donors (Lipinski definition) is 0. The Hall–Kier alpha value is -2.16. The molecule has 34 heavy (non-hydrogen) atoms. The van der Waals surface area contributed by atoms with Crippen molar-refractivity contribution in [2.75, 3.05) is 29.5 Å². The zero-order valence-corrected chi connectivity index (χ0v) is 22.0. The fourth-order valence-electron chi connectivity index (χ4n) is 4.90. The molecule has 1 unspecified atom stereocenters. The molecule has 3 fully saturated rings. The highest BCUT2D eigenvalue weighted by Crippen LogP contribution is 2.38. The highest BCUT2D eigenvalue weighted by molar-refractivity contribution is 8.26. The summed E-state index contributed by atoms with van der Waals surface area (Å²) >= 11 is 6.60. The van der Waals surface area contributed by atoms with Crippen LogP contribution in [0.5, 0.6) is 0 Å². The van der Waals surface area contributed by atoms with E-state index in [-0.39, 0.29) is 28.5 Å². The third-order valence-corrected chi connectivity index (χ3v) is 10.00. The monoisotopic (exact) mass is 520 g/mol. The van der Waals surface area contributed by atoms with E-state index < -0.39 is 15.9 Å². The number of aromatic nitrogens is 1. The van der Waals surface area contributed by atoms with Gasteiger partial charge in [0.25, 0.3) is 11.5 Å². The van der Waals surface area contributed by atoms with Crippen molar-refractivity contribution in [2.24, 2.45) is 5.92 Å². The smallest absolute Gasteiger partial charge is 0.270 e. The van der Waals surface area contributed by atoms with E-state index in [2.05, 4.69) is 11.8 Å². The Bertz CT molecular complexity index is 1280. The van der Waals surface area contributed by atoms with Gasteiger partial charge in [-0.2, -0.15) is 5.26 Å². The maximum Gasteiger partial charge on any atom is 0.270 e. The molecule has 3 saturated heterocycles. The molecule has 3 aliphatic rings. The number of rotatable bonds is 4. The molecular formula is C23H28N4O4S3.